The molecule has 1 aliphatic rings. The number of nitrogens with zero attached hydrogens (tertiary/aromatic N) is 3. The average molecular weight is 276 g/mol. The van der Waals surface area contributed by atoms with Crippen molar-refractivity contribution in [2.24, 2.45) is 0 Å². The zero-order chi connectivity index (χ0) is 13.1. The summed E-state index contributed by atoms with van der Waals surface area (Å²) in [6.07, 6.45) is 7.04. The van der Waals surface area contributed by atoms with E-state index in [1.165, 1.54) is 36.8 Å². The van der Waals surface area contributed by atoms with Crippen LogP contribution in [0.1, 0.15) is 25.7 Å². The highest BCUT2D eigenvalue weighted by Crippen LogP contribution is 2.31. The van der Waals surface area contributed by atoms with Crippen LogP contribution < -0.4 is 4.90 Å². The van der Waals surface area contributed by atoms with Crippen molar-refractivity contribution in [1.82, 2.24) is 10.2 Å². The molecule has 0 unspecified atom stereocenters. The number of halogens is 1. The molecule has 1 fully saturated rings. The Morgan fingerprint density at radius 3 is 2.79 bits per heavy atom. The van der Waals surface area contributed by atoms with Gasteiger partial charge in [0.05, 0.1) is 17.4 Å². The van der Waals surface area contributed by atoms with Gasteiger partial charge in [0.1, 0.15) is 0 Å². The molecular weight excluding hydrogens is 258 g/mol. The van der Waals surface area contributed by atoms with E-state index in [1.54, 1.807) is 0 Å². The summed E-state index contributed by atoms with van der Waals surface area (Å²) in [6, 6.07) is 8.80. The topological polar surface area (TPSA) is 29.0 Å². The van der Waals surface area contributed by atoms with Crippen LogP contribution in [0.3, 0.4) is 0 Å². The molecule has 100 valence electrons. The van der Waals surface area contributed by atoms with Gasteiger partial charge in [0.2, 0.25) is 0 Å². The standard InChI is InChI=1S/C15H18ClN3/c16-9-10-19(12-5-1-2-6-12)15-11-17-18-14-8-4-3-7-13(14)15/h3-4,7-8,11-12H,1-2,5-6,9-10H2. The summed E-state index contributed by atoms with van der Waals surface area (Å²) in [5, 5.41) is 9.53. The number of rotatable bonds is 4. The van der Waals surface area contributed by atoms with Crippen molar-refractivity contribution >= 4 is 28.2 Å². The molecule has 3 nitrogen and oxygen atoms in total. The Hall–Kier alpha value is -1.35. The quantitative estimate of drug-likeness (QED) is 0.798. The second-order valence-corrected chi connectivity index (χ2v) is 5.45. The second-order valence-electron chi connectivity index (χ2n) is 5.07. The first-order valence-electron chi connectivity index (χ1n) is 6.93. The van der Waals surface area contributed by atoms with Crippen molar-refractivity contribution in [1.29, 1.82) is 0 Å². The fraction of sp³-hybridized carbons (Fsp3) is 0.467. The first-order valence-corrected chi connectivity index (χ1v) is 7.46. The molecule has 19 heavy (non-hydrogen) atoms. The summed E-state index contributed by atoms with van der Waals surface area (Å²) >= 11 is 6.00. The first-order chi connectivity index (χ1) is 9.40. The van der Waals surface area contributed by atoms with Gasteiger partial charge in [0.15, 0.2) is 0 Å². The van der Waals surface area contributed by atoms with Crippen LogP contribution in [0.15, 0.2) is 30.5 Å². The highest BCUT2D eigenvalue weighted by molar-refractivity contribution is 6.18. The lowest BCUT2D eigenvalue weighted by atomic mass is 10.1. The lowest BCUT2D eigenvalue weighted by molar-refractivity contribution is 0.621. The van der Waals surface area contributed by atoms with E-state index < -0.39 is 0 Å². The number of aromatic nitrogens is 2. The van der Waals surface area contributed by atoms with Gasteiger partial charge in [-0.1, -0.05) is 31.0 Å². The molecule has 0 atom stereocenters. The van der Waals surface area contributed by atoms with E-state index in [9.17, 15) is 0 Å². The molecule has 4 heteroatoms. The van der Waals surface area contributed by atoms with Gasteiger partial charge < -0.3 is 4.90 Å². The number of fused-ring (bicyclic) bond motifs is 1. The minimum atomic E-state index is 0.603. The minimum absolute atomic E-state index is 0.603. The fourth-order valence-corrected chi connectivity index (χ4v) is 3.21. The van der Waals surface area contributed by atoms with Crippen molar-refractivity contribution in [3.63, 3.8) is 0 Å². The summed E-state index contributed by atoms with van der Waals surface area (Å²) in [6.45, 7) is 0.877. The zero-order valence-corrected chi connectivity index (χ0v) is 11.7. The number of hydrogen-bond acceptors (Lipinski definition) is 3. The van der Waals surface area contributed by atoms with E-state index in [1.807, 2.05) is 18.3 Å². The van der Waals surface area contributed by atoms with Gasteiger partial charge in [0, 0.05) is 23.9 Å². The third kappa shape index (κ3) is 2.52. The predicted octanol–water partition coefficient (Wildman–Crippen LogP) is 3.62. The van der Waals surface area contributed by atoms with E-state index in [0.717, 1.165) is 12.1 Å². The van der Waals surface area contributed by atoms with E-state index in [0.29, 0.717) is 11.9 Å². The smallest absolute Gasteiger partial charge is 0.0950 e. The Morgan fingerprint density at radius 2 is 2.00 bits per heavy atom. The summed E-state index contributed by atoms with van der Waals surface area (Å²) in [5.41, 5.74) is 2.13. The summed E-state index contributed by atoms with van der Waals surface area (Å²) in [5.74, 6) is 0.646. The predicted molar refractivity (Wildman–Crippen MR) is 79.9 cm³/mol. The van der Waals surface area contributed by atoms with Crippen molar-refractivity contribution in [2.75, 3.05) is 17.3 Å². The third-order valence-corrected chi connectivity index (χ3v) is 4.09. The monoisotopic (exact) mass is 275 g/mol. The maximum Gasteiger partial charge on any atom is 0.0950 e. The lowest BCUT2D eigenvalue weighted by Crippen LogP contribution is -2.35. The van der Waals surface area contributed by atoms with Crippen LogP contribution >= 0.6 is 11.6 Å². The lowest BCUT2D eigenvalue weighted by Gasteiger charge is -2.31. The molecular formula is C15H18ClN3. The molecule has 0 N–H and O–H groups in total. The maximum atomic E-state index is 6.00. The van der Waals surface area contributed by atoms with E-state index in [-0.39, 0.29) is 0 Å². The molecule has 0 bridgehead atoms. The molecule has 3 rings (SSSR count). The van der Waals surface area contributed by atoms with E-state index in [2.05, 4.69) is 27.2 Å². The fourth-order valence-electron chi connectivity index (χ4n) is 3.03. The van der Waals surface area contributed by atoms with Gasteiger partial charge in [-0.15, -0.1) is 11.6 Å². The first kappa shape index (κ1) is 12.7. The van der Waals surface area contributed by atoms with Crippen LogP contribution in [0.4, 0.5) is 5.69 Å². The van der Waals surface area contributed by atoms with Crippen molar-refractivity contribution in [2.45, 2.75) is 31.7 Å². The highest BCUT2D eigenvalue weighted by Gasteiger charge is 2.24. The Bertz CT molecular complexity index is 547. The van der Waals surface area contributed by atoms with Gasteiger partial charge >= 0.3 is 0 Å². The molecule has 0 radical (unpaired) electrons. The number of benzene rings is 1. The van der Waals surface area contributed by atoms with E-state index in [4.69, 9.17) is 11.6 Å². The Balaban J connectivity index is 2.03. The van der Waals surface area contributed by atoms with Gasteiger partial charge in [-0.3, -0.25) is 0 Å². The van der Waals surface area contributed by atoms with E-state index >= 15 is 0 Å². The van der Waals surface area contributed by atoms with Gasteiger partial charge in [0.25, 0.3) is 0 Å². The zero-order valence-electron chi connectivity index (χ0n) is 10.9. The van der Waals surface area contributed by atoms with Crippen molar-refractivity contribution < 1.29 is 0 Å². The third-order valence-electron chi connectivity index (χ3n) is 3.93. The summed E-state index contributed by atoms with van der Waals surface area (Å²) in [7, 11) is 0. The van der Waals surface area contributed by atoms with Crippen molar-refractivity contribution in [3.8, 4) is 0 Å². The SMILES string of the molecule is ClCCN(c1cnnc2ccccc12)C1CCCC1. The summed E-state index contributed by atoms with van der Waals surface area (Å²) in [4.78, 5) is 2.43. The molecule has 1 heterocycles. The van der Waals surface area contributed by atoms with Crippen LogP contribution in [0.2, 0.25) is 0 Å². The van der Waals surface area contributed by atoms with Crippen LogP contribution in [0.5, 0.6) is 0 Å². The average Bonchev–Trinajstić information content (AvgIpc) is 2.98. The minimum Gasteiger partial charge on any atom is -0.366 e. The van der Waals surface area contributed by atoms with Crippen LogP contribution in [0, 0.1) is 0 Å². The van der Waals surface area contributed by atoms with Gasteiger partial charge in [-0.25, -0.2) is 0 Å². The number of alkyl halides is 1. The second kappa shape index (κ2) is 5.74. The molecule has 0 spiro atoms. The normalized spacial score (nSPS) is 16.1. The maximum absolute atomic E-state index is 6.00. The van der Waals surface area contributed by atoms with Crippen LogP contribution in [-0.4, -0.2) is 28.7 Å². The Kier molecular flexibility index (Phi) is 3.83. The molecule has 1 aliphatic carbocycles. The Morgan fingerprint density at radius 1 is 1.21 bits per heavy atom. The van der Waals surface area contributed by atoms with Gasteiger partial charge in [-0.2, -0.15) is 10.2 Å². The molecule has 1 aromatic carbocycles. The Labute approximate surface area is 118 Å². The number of anilines is 1. The number of hydrogen-bond donors (Lipinski definition) is 0. The molecule has 0 aliphatic heterocycles. The summed E-state index contributed by atoms with van der Waals surface area (Å²) < 4.78 is 0. The molecule has 0 amide bonds. The molecule has 0 saturated heterocycles. The van der Waals surface area contributed by atoms with Crippen LogP contribution in [-0.2, 0) is 0 Å². The molecule has 1 saturated carbocycles. The highest BCUT2D eigenvalue weighted by atomic mass is 35.5. The largest absolute Gasteiger partial charge is 0.366 e. The molecule has 2 aromatic rings. The van der Waals surface area contributed by atoms with Gasteiger partial charge in [-0.05, 0) is 18.9 Å². The molecule has 1 aromatic heterocycles. The van der Waals surface area contributed by atoms with Crippen LogP contribution in [0.25, 0.3) is 10.9 Å². The van der Waals surface area contributed by atoms with Crippen molar-refractivity contribution in [3.05, 3.63) is 30.5 Å².